The fourth-order valence-corrected chi connectivity index (χ4v) is 7.22. The summed E-state index contributed by atoms with van der Waals surface area (Å²) in [7, 11) is 5.04. The van der Waals surface area contributed by atoms with E-state index in [4.69, 9.17) is 37.4 Å². The van der Waals surface area contributed by atoms with Gasteiger partial charge in [-0.1, -0.05) is 59.6 Å². The number of pyridine rings is 1. The van der Waals surface area contributed by atoms with Crippen molar-refractivity contribution in [1.29, 1.82) is 0 Å². The van der Waals surface area contributed by atoms with E-state index in [1.165, 1.54) is 26.6 Å². The van der Waals surface area contributed by atoms with Crippen LogP contribution in [-0.4, -0.2) is 62.5 Å². The fraction of sp³-hybridized carbons (Fsp3) is 0.324. The van der Waals surface area contributed by atoms with Gasteiger partial charge < -0.3 is 24.1 Å². The molecule has 3 atom stereocenters. The van der Waals surface area contributed by atoms with Crippen molar-refractivity contribution in [1.82, 2.24) is 10.2 Å². The molecule has 10 nitrogen and oxygen atoms in total. The first-order valence-corrected chi connectivity index (χ1v) is 16.5. The minimum absolute atomic E-state index is 0.0221. The van der Waals surface area contributed by atoms with Crippen LogP contribution in [0.25, 0.3) is 0 Å². The molecule has 2 N–H and O–H groups in total. The number of carbonyl (C=O) groups excluding carboxylic acids is 2. The molecule has 0 bridgehead atoms. The molecule has 0 aliphatic carbocycles. The minimum Gasteiger partial charge on any atom is -0.544 e. The Bertz CT molecular complexity index is 1710. The molecule has 2 aromatic heterocycles. The molecule has 0 saturated carbocycles. The Kier molecular flexibility index (Phi) is 11.3. The van der Waals surface area contributed by atoms with Gasteiger partial charge in [-0.15, -0.1) is 11.3 Å². The molecule has 47 heavy (non-hydrogen) atoms. The summed E-state index contributed by atoms with van der Waals surface area (Å²) in [6, 6.07) is 15.8. The maximum atomic E-state index is 13.3. The van der Waals surface area contributed by atoms with Crippen LogP contribution in [0.2, 0.25) is 10.0 Å². The SMILES string of the molecule is COc1ccc([C@H](Cc2c(Cl)c[n+](O)cc2Cl)c2cc(CNC(C(=O)OC[C@H]3CCN3C)c3ccccc3)sc2C(=O)[O-])cc1OC. The number of esters is 1. The molecular formula is C34H35Cl2N3O7S. The van der Waals surface area contributed by atoms with Crippen molar-refractivity contribution in [3.05, 3.63) is 109 Å². The number of nitrogens with one attached hydrogen (secondary N) is 1. The first-order valence-electron chi connectivity index (χ1n) is 14.9. The van der Waals surface area contributed by atoms with Gasteiger partial charge in [0.1, 0.15) is 22.7 Å². The van der Waals surface area contributed by atoms with Crippen molar-refractivity contribution in [2.75, 3.05) is 34.4 Å². The van der Waals surface area contributed by atoms with Gasteiger partial charge in [0.25, 0.3) is 0 Å². The van der Waals surface area contributed by atoms with Crippen LogP contribution in [-0.2, 0) is 22.5 Å². The number of halogens is 2. The molecule has 1 aliphatic heterocycles. The first-order chi connectivity index (χ1) is 22.6. The summed E-state index contributed by atoms with van der Waals surface area (Å²) in [6.07, 6.45) is 3.77. The Hall–Kier alpha value is -3.87. The van der Waals surface area contributed by atoms with Crippen LogP contribution < -0.4 is 24.6 Å². The molecule has 13 heteroatoms. The number of hydrogen-bond acceptors (Lipinski definition) is 10. The monoisotopic (exact) mass is 699 g/mol. The number of benzene rings is 2. The number of ether oxygens (including phenoxy) is 3. The topological polar surface area (TPSA) is 124 Å². The van der Waals surface area contributed by atoms with E-state index in [0.717, 1.165) is 34.6 Å². The molecule has 248 valence electrons. The third-order valence-electron chi connectivity index (χ3n) is 8.36. The minimum atomic E-state index is -1.34. The second-order valence-electron chi connectivity index (χ2n) is 11.2. The van der Waals surface area contributed by atoms with E-state index in [1.54, 1.807) is 18.2 Å². The molecule has 1 unspecified atom stereocenters. The summed E-state index contributed by atoms with van der Waals surface area (Å²) < 4.78 is 17.4. The van der Waals surface area contributed by atoms with Crippen LogP contribution in [0.15, 0.2) is 67.0 Å². The van der Waals surface area contributed by atoms with E-state index in [0.29, 0.717) is 39.7 Å². The lowest BCUT2D eigenvalue weighted by Crippen LogP contribution is -2.48. The highest BCUT2D eigenvalue weighted by Crippen LogP contribution is 2.41. The van der Waals surface area contributed by atoms with Crippen molar-refractivity contribution in [3.8, 4) is 11.5 Å². The zero-order valence-corrected chi connectivity index (χ0v) is 28.4. The lowest BCUT2D eigenvalue weighted by Gasteiger charge is -2.37. The van der Waals surface area contributed by atoms with Gasteiger partial charge in [-0.2, -0.15) is 0 Å². The number of carboxylic acids is 1. The second-order valence-corrected chi connectivity index (χ2v) is 13.2. The number of carboxylic acid groups (broad SMARTS) is 1. The summed E-state index contributed by atoms with van der Waals surface area (Å²) in [5.41, 5.74) is 2.42. The Morgan fingerprint density at radius 2 is 1.77 bits per heavy atom. The third kappa shape index (κ3) is 7.99. The Balaban J connectivity index is 1.49. The van der Waals surface area contributed by atoms with Crippen molar-refractivity contribution in [2.24, 2.45) is 0 Å². The highest BCUT2D eigenvalue weighted by molar-refractivity contribution is 7.14. The third-order valence-corrected chi connectivity index (χ3v) is 10.1. The predicted octanol–water partition coefficient (Wildman–Crippen LogP) is 4.41. The zero-order valence-electron chi connectivity index (χ0n) is 26.1. The number of likely N-dealkylation sites (N-methyl/N-ethyl adjacent to an activating group) is 1. The Morgan fingerprint density at radius 3 is 2.36 bits per heavy atom. The number of aromatic carboxylic acids is 1. The number of likely N-dealkylation sites (tertiary alicyclic amines) is 1. The van der Waals surface area contributed by atoms with Crippen LogP contribution >= 0.6 is 34.5 Å². The molecule has 0 radical (unpaired) electrons. The number of aromatic nitrogens is 1. The van der Waals surface area contributed by atoms with Crippen LogP contribution in [0.3, 0.4) is 0 Å². The molecule has 5 rings (SSSR count). The van der Waals surface area contributed by atoms with E-state index in [2.05, 4.69) is 10.2 Å². The van der Waals surface area contributed by atoms with Crippen molar-refractivity contribution in [3.63, 3.8) is 0 Å². The smallest absolute Gasteiger partial charge is 0.327 e. The molecule has 2 aromatic carbocycles. The number of nitrogens with zero attached hydrogens (tertiary/aromatic N) is 2. The van der Waals surface area contributed by atoms with E-state index >= 15 is 0 Å². The summed E-state index contributed by atoms with van der Waals surface area (Å²) >= 11 is 14.1. The van der Waals surface area contributed by atoms with Gasteiger partial charge in [0.15, 0.2) is 11.5 Å². The average Bonchev–Trinajstić information content (AvgIpc) is 3.48. The Morgan fingerprint density at radius 1 is 1.06 bits per heavy atom. The second kappa shape index (κ2) is 15.4. The summed E-state index contributed by atoms with van der Waals surface area (Å²) in [5, 5.41) is 26.2. The molecule has 1 fully saturated rings. The van der Waals surface area contributed by atoms with Gasteiger partial charge in [-0.25, -0.2) is 4.79 Å². The lowest BCUT2D eigenvalue weighted by molar-refractivity contribution is -0.904. The van der Waals surface area contributed by atoms with E-state index < -0.39 is 23.9 Å². The first kappa shape index (κ1) is 34.5. The number of thiophene rings is 1. The van der Waals surface area contributed by atoms with Gasteiger partial charge in [-0.05, 0) is 61.3 Å². The number of methoxy groups -OCH3 is 2. The highest BCUT2D eigenvalue weighted by atomic mass is 35.5. The molecule has 0 spiro atoms. The van der Waals surface area contributed by atoms with Gasteiger partial charge in [0.05, 0.1) is 25.1 Å². The fourth-order valence-electron chi connectivity index (χ4n) is 5.61. The molecule has 1 saturated heterocycles. The normalized spacial score (nSPS) is 15.8. The zero-order chi connectivity index (χ0) is 33.7. The quantitative estimate of drug-likeness (QED) is 0.112. The van der Waals surface area contributed by atoms with Crippen molar-refractivity contribution < 1.29 is 38.8 Å². The number of rotatable bonds is 14. The van der Waals surface area contributed by atoms with Crippen LogP contribution in [0.4, 0.5) is 0 Å². The van der Waals surface area contributed by atoms with Crippen LogP contribution in [0.1, 0.15) is 55.2 Å². The maximum absolute atomic E-state index is 13.3. The van der Waals surface area contributed by atoms with Crippen molar-refractivity contribution >= 4 is 46.5 Å². The molecule has 3 heterocycles. The number of carbonyl (C=O) groups is 2. The van der Waals surface area contributed by atoms with Crippen LogP contribution in [0, 0.1) is 0 Å². The molecule has 4 aromatic rings. The lowest BCUT2D eigenvalue weighted by atomic mass is 9.85. The van der Waals surface area contributed by atoms with Crippen LogP contribution in [0.5, 0.6) is 11.5 Å². The van der Waals surface area contributed by atoms with Gasteiger partial charge in [0.2, 0.25) is 12.4 Å². The molecule has 0 amide bonds. The molecular weight excluding hydrogens is 665 g/mol. The van der Waals surface area contributed by atoms with Gasteiger partial charge >= 0.3 is 5.97 Å². The maximum Gasteiger partial charge on any atom is 0.327 e. The van der Waals surface area contributed by atoms with E-state index in [-0.39, 0.29) is 33.9 Å². The average molecular weight is 701 g/mol. The summed E-state index contributed by atoms with van der Waals surface area (Å²) in [6.45, 7) is 1.45. The van der Waals surface area contributed by atoms with E-state index in [9.17, 15) is 19.9 Å². The van der Waals surface area contributed by atoms with Crippen molar-refractivity contribution in [2.45, 2.75) is 37.4 Å². The van der Waals surface area contributed by atoms with Gasteiger partial charge in [-0.3, -0.25) is 15.4 Å². The Labute approximate surface area is 287 Å². The van der Waals surface area contributed by atoms with E-state index in [1.807, 2.05) is 43.4 Å². The highest BCUT2D eigenvalue weighted by Gasteiger charge is 2.30. The standard InChI is InChI=1S/C34H35Cl2N3O7S/c1-38-12-11-22(38)19-46-34(42)31(20-7-5-4-6-8-20)37-16-23-14-25(32(47-23)33(40)41)24(15-26-27(35)17-39(43)18-28(26)36)21-9-10-29(44-2)30(13-21)45-3/h4-10,13-14,17-18,22,24,31,37H,11-12,15-16,19H2,1-3H3,(H-,40,41,43)/t22-,24+,31?/m1/s1. The molecule has 1 aliphatic rings. The van der Waals surface area contributed by atoms with Gasteiger partial charge in [0, 0.05) is 33.7 Å². The number of hydrogen-bond donors (Lipinski definition) is 2. The summed E-state index contributed by atoms with van der Waals surface area (Å²) in [5.74, 6) is -1.37. The largest absolute Gasteiger partial charge is 0.544 e. The summed E-state index contributed by atoms with van der Waals surface area (Å²) in [4.78, 5) is 28.7. The predicted molar refractivity (Wildman–Crippen MR) is 176 cm³/mol.